The molecular formula is C30H27FN2O6S. The third kappa shape index (κ3) is 4.54. The number of allylic oxidation sites excluding steroid dienone is 2. The minimum atomic E-state index is -1.19. The van der Waals surface area contributed by atoms with Crippen LogP contribution >= 0.6 is 11.3 Å². The Kier molecular flexibility index (Phi) is 7.44. The number of carbonyl (C=O) groups is 3. The van der Waals surface area contributed by atoms with E-state index in [-0.39, 0.29) is 23.4 Å². The zero-order valence-corrected chi connectivity index (χ0v) is 22.9. The lowest BCUT2D eigenvalue weighted by molar-refractivity contribution is -0.150. The van der Waals surface area contributed by atoms with Crippen molar-refractivity contribution in [1.29, 1.82) is 0 Å². The Morgan fingerprint density at radius 3 is 2.38 bits per heavy atom. The standard InChI is InChI=1S/C30H27FN2O6S/c1-37-20-9-7-16(8-10-20)21-14-22-25(27(34)24(21)29(35)38-2)23(17-11-12-40-15-17)26(30(36)39-3)28(32)33(22)19-6-4-5-18(31)13-19/h4-13,15,21,23-24H,14,32H2,1-3H3/t21-,23-,24-/m1/s1. The number of ether oxygens (including phenoxy) is 3. The van der Waals surface area contributed by atoms with Crippen LogP contribution in [-0.4, -0.2) is 39.1 Å². The fraction of sp³-hybridized carbons (Fsp3) is 0.233. The molecule has 0 radical (unpaired) electrons. The van der Waals surface area contributed by atoms with E-state index in [0.717, 1.165) is 0 Å². The lowest BCUT2D eigenvalue weighted by Gasteiger charge is -2.43. The number of hydrogen-bond donors (Lipinski definition) is 1. The van der Waals surface area contributed by atoms with Crippen molar-refractivity contribution in [3.8, 4) is 5.75 Å². The molecule has 1 aliphatic heterocycles. The number of methoxy groups -OCH3 is 3. The topological polar surface area (TPSA) is 108 Å². The molecule has 3 atom stereocenters. The van der Waals surface area contributed by atoms with Crippen LogP contribution in [-0.2, 0) is 23.9 Å². The fourth-order valence-electron chi connectivity index (χ4n) is 5.58. The van der Waals surface area contributed by atoms with Gasteiger partial charge in [-0.1, -0.05) is 18.2 Å². The molecular weight excluding hydrogens is 535 g/mol. The van der Waals surface area contributed by atoms with Crippen molar-refractivity contribution in [3.05, 3.63) is 105 Å². The number of ketones is 1. The highest BCUT2D eigenvalue weighted by Gasteiger charge is 2.51. The first-order valence-electron chi connectivity index (χ1n) is 12.4. The van der Waals surface area contributed by atoms with Crippen LogP contribution in [0.2, 0.25) is 0 Å². The van der Waals surface area contributed by atoms with E-state index in [1.54, 1.807) is 43.5 Å². The van der Waals surface area contributed by atoms with Crippen molar-refractivity contribution < 1.29 is 33.0 Å². The minimum absolute atomic E-state index is 0.0187. The molecule has 40 heavy (non-hydrogen) atoms. The average molecular weight is 563 g/mol. The first-order valence-corrected chi connectivity index (χ1v) is 13.4. The lowest BCUT2D eigenvalue weighted by atomic mass is 9.67. The summed E-state index contributed by atoms with van der Waals surface area (Å²) in [6.45, 7) is 0. The van der Waals surface area contributed by atoms with E-state index >= 15 is 0 Å². The summed E-state index contributed by atoms with van der Waals surface area (Å²) in [6.07, 6.45) is 0.180. The van der Waals surface area contributed by atoms with Crippen LogP contribution in [0.4, 0.5) is 10.1 Å². The lowest BCUT2D eigenvalue weighted by Crippen LogP contribution is -2.46. The number of nitrogens with two attached hydrogens (primary N) is 1. The van der Waals surface area contributed by atoms with Crippen LogP contribution in [0, 0.1) is 11.7 Å². The molecule has 1 aliphatic carbocycles. The van der Waals surface area contributed by atoms with E-state index in [0.29, 0.717) is 28.3 Å². The molecule has 10 heteroatoms. The van der Waals surface area contributed by atoms with Gasteiger partial charge in [-0.2, -0.15) is 11.3 Å². The van der Waals surface area contributed by atoms with E-state index < -0.39 is 41.3 Å². The molecule has 2 aliphatic rings. The normalized spacial score (nSPS) is 20.8. The van der Waals surface area contributed by atoms with Crippen LogP contribution in [0.3, 0.4) is 0 Å². The second-order valence-electron chi connectivity index (χ2n) is 9.40. The van der Waals surface area contributed by atoms with Gasteiger partial charge in [0.25, 0.3) is 0 Å². The number of rotatable bonds is 6. The van der Waals surface area contributed by atoms with Crippen molar-refractivity contribution in [2.45, 2.75) is 18.3 Å². The molecule has 0 unspecified atom stereocenters. The van der Waals surface area contributed by atoms with Gasteiger partial charge in [-0.25, -0.2) is 9.18 Å². The van der Waals surface area contributed by atoms with Gasteiger partial charge in [0.2, 0.25) is 0 Å². The molecule has 2 heterocycles. The molecule has 0 fully saturated rings. The largest absolute Gasteiger partial charge is 0.497 e. The zero-order chi connectivity index (χ0) is 28.6. The Bertz CT molecular complexity index is 1530. The Labute approximate surface area is 234 Å². The molecule has 1 aromatic heterocycles. The Balaban J connectivity index is 1.79. The van der Waals surface area contributed by atoms with Gasteiger partial charge in [-0.05, 0) is 64.7 Å². The van der Waals surface area contributed by atoms with Gasteiger partial charge in [-0.3, -0.25) is 14.5 Å². The summed E-state index contributed by atoms with van der Waals surface area (Å²) < 4.78 is 30.0. The third-order valence-electron chi connectivity index (χ3n) is 7.39. The smallest absolute Gasteiger partial charge is 0.338 e. The monoisotopic (exact) mass is 562 g/mol. The summed E-state index contributed by atoms with van der Waals surface area (Å²) in [5.41, 5.74) is 9.12. The van der Waals surface area contributed by atoms with Crippen molar-refractivity contribution in [2.75, 3.05) is 26.2 Å². The van der Waals surface area contributed by atoms with Crippen molar-refractivity contribution in [1.82, 2.24) is 0 Å². The fourth-order valence-corrected chi connectivity index (χ4v) is 6.27. The van der Waals surface area contributed by atoms with Gasteiger partial charge in [-0.15, -0.1) is 0 Å². The number of carbonyl (C=O) groups excluding carboxylic acids is 3. The van der Waals surface area contributed by atoms with Crippen LogP contribution in [0.25, 0.3) is 0 Å². The Morgan fingerprint density at radius 2 is 1.77 bits per heavy atom. The van der Waals surface area contributed by atoms with Crippen molar-refractivity contribution in [2.24, 2.45) is 11.7 Å². The summed E-state index contributed by atoms with van der Waals surface area (Å²) in [4.78, 5) is 42.4. The number of benzene rings is 2. The number of halogens is 1. The first kappa shape index (κ1) is 27.1. The Morgan fingerprint density at radius 1 is 1.02 bits per heavy atom. The predicted molar refractivity (Wildman–Crippen MR) is 147 cm³/mol. The van der Waals surface area contributed by atoms with Crippen LogP contribution in [0.5, 0.6) is 5.75 Å². The molecule has 2 aromatic carbocycles. The molecule has 206 valence electrons. The van der Waals surface area contributed by atoms with E-state index in [4.69, 9.17) is 19.9 Å². The van der Waals surface area contributed by atoms with Crippen LogP contribution in [0.15, 0.2) is 88.0 Å². The van der Waals surface area contributed by atoms with Gasteiger partial charge < -0.3 is 19.9 Å². The highest BCUT2D eigenvalue weighted by Crippen LogP contribution is 2.51. The highest BCUT2D eigenvalue weighted by molar-refractivity contribution is 7.08. The molecule has 2 N–H and O–H groups in total. The number of thiophene rings is 1. The molecule has 0 spiro atoms. The number of hydrogen-bond acceptors (Lipinski definition) is 9. The molecule has 0 saturated carbocycles. The summed E-state index contributed by atoms with van der Waals surface area (Å²) in [5, 5.41) is 3.64. The Hall–Kier alpha value is -4.44. The van der Waals surface area contributed by atoms with E-state index in [2.05, 4.69) is 0 Å². The SMILES string of the molecule is COC(=O)C1=C(N)N(c2cccc(F)c2)C2=C(C(=O)[C@H](C(=O)OC)[C@@H](c3ccc(OC)cc3)C2)[C@H]1c1ccsc1. The van der Waals surface area contributed by atoms with Gasteiger partial charge in [0.05, 0.1) is 38.5 Å². The van der Waals surface area contributed by atoms with Gasteiger partial charge in [0.1, 0.15) is 23.3 Å². The van der Waals surface area contributed by atoms with Crippen molar-refractivity contribution in [3.63, 3.8) is 0 Å². The van der Waals surface area contributed by atoms with Crippen molar-refractivity contribution >= 4 is 34.7 Å². The molecule has 8 nitrogen and oxygen atoms in total. The molecule has 0 bridgehead atoms. The highest BCUT2D eigenvalue weighted by atomic mass is 32.1. The summed E-state index contributed by atoms with van der Waals surface area (Å²) >= 11 is 1.39. The summed E-state index contributed by atoms with van der Waals surface area (Å²) in [5.74, 6) is -4.52. The van der Waals surface area contributed by atoms with E-state index in [1.165, 1.54) is 48.7 Å². The maximum atomic E-state index is 14.5. The van der Waals surface area contributed by atoms with Gasteiger partial charge in [0, 0.05) is 17.2 Å². The molecule has 0 saturated heterocycles. The molecule has 5 rings (SSSR count). The number of Topliss-reactive ketones (excluding diaryl/α,β-unsaturated/α-hetero) is 1. The summed E-state index contributed by atoms with van der Waals surface area (Å²) in [7, 11) is 4.01. The minimum Gasteiger partial charge on any atom is -0.497 e. The maximum absolute atomic E-state index is 14.5. The molecule has 0 amide bonds. The zero-order valence-electron chi connectivity index (χ0n) is 22.1. The second kappa shape index (κ2) is 11.0. The maximum Gasteiger partial charge on any atom is 0.338 e. The molecule has 3 aromatic rings. The number of nitrogens with zero attached hydrogens (tertiary/aromatic N) is 1. The summed E-state index contributed by atoms with van der Waals surface area (Å²) in [6, 6.07) is 14.6. The quantitative estimate of drug-likeness (QED) is 0.342. The second-order valence-corrected chi connectivity index (χ2v) is 10.2. The number of anilines is 1. The van der Waals surface area contributed by atoms with E-state index in [9.17, 15) is 18.8 Å². The van der Waals surface area contributed by atoms with E-state index in [1.807, 2.05) is 10.8 Å². The first-order chi connectivity index (χ1) is 19.3. The number of esters is 2. The van der Waals surface area contributed by atoms with Crippen LogP contribution < -0.4 is 15.4 Å². The predicted octanol–water partition coefficient (Wildman–Crippen LogP) is 4.64. The van der Waals surface area contributed by atoms with Gasteiger partial charge >= 0.3 is 11.9 Å². The average Bonchev–Trinajstić information content (AvgIpc) is 3.50. The van der Waals surface area contributed by atoms with Crippen LogP contribution in [0.1, 0.15) is 29.4 Å². The third-order valence-corrected chi connectivity index (χ3v) is 8.09. The van der Waals surface area contributed by atoms with Gasteiger partial charge in [0.15, 0.2) is 5.78 Å².